The molecule has 8 heteroatoms. The van der Waals surface area contributed by atoms with Crippen LogP contribution in [0.4, 0.5) is 0 Å². The second-order valence-electron chi connectivity index (χ2n) is 4.65. The Morgan fingerprint density at radius 3 is 2.52 bits per heavy atom. The van der Waals surface area contributed by atoms with Gasteiger partial charge in [0.25, 0.3) is 0 Å². The first-order valence-corrected chi connectivity index (χ1v) is 8.86. The summed E-state index contributed by atoms with van der Waals surface area (Å²) in [5.41, 5.74) is 0. The molecule has 1 heterocycles. The van der Waals surface area contributed by atoms with Gasteiger partial charge in [-0.25, -0.2) is 8.42 Å². The van der Waals surface area contributed by atoms with Gasteiger partial charge < -0.3 is 14.8 Å². The highest BCUT2D eigenvalue weighted by Crippen LogP contribution is 2.36. The summed E-state index contributed by atoms with van der Waals surface area (Å²) in [6.45, 7) is 2.42. The van der Waals surface area contributed by atoms with E-state index in [1.807, 2.05) is 0 Å². The van der Waals surface area contributed by atoms with Crippen molar-refractivity contribution >= 4 is 26.0 Å². The number of methoxy groups -OCH3 is 2. The molecule has 1 aliphatic rings. The largest absolute Gasteiger partial charge is 0.496 e. The molecule has 0 amide bonds. The molecule has 21 heavy (non-hydrogen) atoms. The molecule has 0 aromatic heterocycles. The molecule has 1 fully saturated rings. The van der Waals surface area contributed by atoms with Gasteiger partial charge >= 0.3 is 0 Å². The number of nitrogens with one attached hydrogen (secondary N) is 1. The first kappa shape index (κ1) is 16.5. The highest BCUT2D eigenvalue weighted by molar-refractivity contribution is 9.10. The zero-order chi connectivity index (χ0) is 15.5. The molecule has 6 nitrogen and oxygen atoms in total. The summed E-state index contributed by atoms with van der Waals surface area (Å²) < 4.78 is 38.3. The number of nitrogens with zero attached hydrogens (tertiary/aromatic N) is 1. The molecule has 0 bridgehead atoms. The van der Waals surface area contributed by atoms with E-state index in [9.17, 15) is 8.42 Å². The first-order valence-electron chi connectivity index (χ1n) is 6.63. The third-order valence-electron chi connectivity index (χ3n) is 3.35. The highest BCUT2D eigenvalue weighted by atomic mass is 79.9. The Morgan fingerprint density at radius 2 is 1.86 bits per heavy atom. The van der Waals surface area contributed by atoms with Gasteiger partial charge in [0.05, 0.1) is 18.7 Å². The highest BCUT2D eigenvalue weighted by Gasteiger charge is 2.29. The summed E-state index contributed by atoms with van der Waals surface area (Å²) in [6.07, 6.45) is 0.787. The minimum atomic E-state index is -3.61. The van der Waals surface area contributed by atoms with Crippen molar-refractivity contribution in [1.29, 1.82) is 0 Å². The van der Waals surface area contributed by atoms with Crippen LogP contribution in [0.5, 0.6) is 11.5 Å². The normalized spacial score (nSPS) is 17.3. The van der Waals surface area contributed by atoms with E-state index < -0.39 is 10.0 Å². The molecular formula is C13H19BrN2O4S. The SMILES string of the molecule is COc1cc(S(=O)(=O)N2CCCNCC2)c(OC)cc1Br. The molecule has 1 saturated heterocycles. The number of ether oxygens (including phenoxy) is 2. The fourth-order valence-corrected chi connectivity index (χ4v) is 4.35. The maximum atomic E-state index is 12.8. The standard InChI is InChI=1S/C13H19BrN2O4S/c1-19-11-9-13(12(20-2)8-10(11)14)21(17,18)16-6-3-4-15-5-7-16/h8-9,15H,3-7H2,1-2H3. The Hall–Kier alpha value is -0.830. The van der Waals surface area contributed by atoms with Crippen molar-refractivity contribution in [1.82, 2.24) is 9.62 Å². The zero-order valence-corrected chi connectivity index (χ0v) is 14.5. The Balaban J connectivity index is 2.47. The van der Waals surface area contributed by atoms with Crippen molar-refractivity contribution in [2.45, 2.75) is 11.3 Å². The summed E-state index contributed by atoms with van der Waals surface area (Å²) >= 11 is 3.33. The molecule has 118 valence electrons. The molecule has 1 aliphatic heterocycles. The molecule has 0 unspecified atom stereocenters. The number of rotatable bonds is 4. The van der Waals surface area contributed by atoms with E-state index in [2.05, 4.69) is 21.2 Å². The van der Waals surface area contributed by atoms with E-state index in [0.29, 0.717) is 35.6 Å². The average Bonchev–Trinajstić information content (AvgIpc) is 2.76. The monoisotopic (exact) mass is 378 g/mol. The molecule has 0 saturated carbocycles. The van der Waals surface area contributed by atoms with E-state index >= 15 is 0 Å². The number of halogens is 1. The van der Waals surface area contributed by atoms with Crippen LogP contribution in [0.2, 0.25) is 0 Å². The molecule has 1 N–H and O–H groups in total. The topological polar surface area (TPSA) is 67.9 Å². The second kappa shape index (κ2) is 6.95. The van der Waals surface area contributed by atoms with Crippen molar-refractivity contribution in [2.75, 3.05) is 40.4 Å². The summed E-state index contributed by atoms with van der Waals surface area (Å²) in [7, 11) is -0.656. The summed E-state index contributed by atoms with van der Waals surface area (Å²) in [6, 6.07) is 3.11. The predicted octanol–water partition coefficient (Wildman–Crippen LogP) is 1.45. The van der Waals surface area contributed by atoms with Crippen LogP contribution in [0.1, 0.15) is 6.42 Å². The van der Waals surface area contributed by atoms with Crippen LogP contribution < -0.4 is 14.8 Å². The van der Waals surface area contributed by atoms with Gasteiger partial charge in [0.15, 0.2) is 0 Å². The van der Waals surface area contributed by atoms with E-state index in [-0.39, 0.29) is 4.90 Å². The van der Waals surface area contributed by atoms with Gasteiger partial charge in [-0.2, -0.15) is 4.31 Å². The Labute approximate surface area is 133 Å². The maximum Gasteiger partial charge on any atom is 0.246 e. The van der Waals surface area contributed by atoms with Crippen molar-refractivity contribution < 1.29 is 17.9 Å². The summed E-state index contributed by atoms with van der Waals surface area (Å²) in [4.78, 5) is 0.131. The Morgan fingerprint density at radius 1 is 1.14 bits per heavy atom. The fraction of sp³-hybridized carbons (Fsp3) is 0.538. The molecule has 2 rings (SSSR count). The third-order valence-corrected chi connectivity index (χ3v) is 5.89. The van der Waals surface area contributed by atoms with Crippen LogP contribution in [0.25, 0.3) is 0 Å². The van der Waals surface area contributed by atoms with Crippen LogP contribution in [0.15, 0.2) is 21.5 Å². The third kappa shape index (κ3) is 3.50. The van der Waals surface area contributed by atoms with Gasteiger partial charge in [-0.15, -0.1) is 0 Å². The number of hydrogen-bond donors (Lipinski definition) is 1. The molecule has 1 aromatic carbocycles. The minimum absolute atomic E-state index is 0.131. The zero-order valence-electron chi connectivity index (χ0n) is 12.1. The van der Waals surface area contributed by atoms with Crippen molar-refractivity contribution in [3.63, 3.8) is 0 Å². The number of hydrogen-bond acceptors (Lipinski definition) is 5. The minimum Gasteiger partial charge on any atom is -0.496 e. The Kier molecular flexibility index (Phi) is 5.48. The van der Waals surface area contributed by atoms with E-state index in [1.165, 1.54) is 24.6 Å². The van der Waals surface area contributed by atoms with Crippen molar-refractivity contribution in [3.8, 4) is 11.5 Å². The van der Waals surface area contributed by atoms with Gasteiger partial charge in [-0.1, -0.05) is 0 Å². The van der Waals surface area contributed by atoms with Crippen molar-refractivity contribution in [2.24, 2.45) is 0 Å². The van der Waals surface area contributed by atoms with Crippen LogP contribution in [0.3, 0.4) is 0 Å². The van der Waals surface area contributed by atoms with Gasteiger partial charge in [-0.05, 0) is 35.0 Å². The lowest BCUT2D eigenvalue weighted by Gasteiger charge is -2.21. The quantitative estimate of drug-likeness (QED) is 0.858. The fourth-order valence-electron chi connectivity index (χ4n) is 2.23. The molecule has 0 atom stereocenters. The smallest absolute Gasteiger partial charge is 0.246 e. The number of benzene rings is 1. The average molecular weight is 379 g/mol. The lowest BCUT2D eigenvalue weighted by molar-refractivity contribution is 0.383. The van der Waals surface area contributed by atoms with Gasteiger partial charge in [0.2, 0.25) is 10.0 Å². The molecular weight excluding hydrogens is 360 g/mol. The lowest BCUT2D eigenvalue weighted by Crippen LogP contribution is -2.34. The van der Waals surface area contributed by atoms with Gasteiger partial charge in [0, 0.05) is 25.7 Å². The number of sulfonamides is 1. The molecule has 0 spiro atoms. The summed E-state index contributed by atoms with van der Waals surface area (Å²) in [5, 5.41) is 3.19. The van der Waals surface area contributed by atoms with Crippen LogP contribution in [-0.2, 0) is 10.0 Å². The van der Waals surface area contributed by atoms with E-state index in [1.54, 1.807) is 6.07 Å². The molecule has 1 aromatic rings. The Bertz CT molecular complexity index is 598. The van der Waals surface area contributed by atoms with Crippen LogP contribution in [0, 0.1) is 0 Å². The van der Waals surface area contributed by atoms with Gasteiger partial charge in [0.1, 0.15) is 16.4 Å². The molecule has 0 aliphatic carbocycles. The van der Waals surface area contributed by atoms with Crippen LogP contribution >= 0.6 is 15.9 Å². The first-order chi connectivity index (χ1) is 10.0. The second-order valence-corrected chi connectivity index (χ2v) is 7.41. The van der Waals surface area contributed by atoms with Crippen LogP contribution in [-0.4, -0.2) is 53.1 Å². The maximum absolute atomic E-state index is 12.8. The van der Waals surface area contributed by atoms with E-state index in [4.69, 9.17) is 9.47 Å². The van der Waals surface area contributed by atoms with E-state index in [0.717, 1.165) is 13.0 Å². The lowest BCUT2D eigenvalue weighted by atomic mass is 10.3. The van der Waals surface area contributed by atoms with Gasteiger partial charge in [-0.3, -0.25) is 0 Å². The molecule has 0 radical (unpaired) electrons. The predicted molar refractivity (Wildman–Crippen MR) is 83.5 cm³/mol. The van der Waals surface area contributed by atoms with Crippen molar-refractivity contribution in [3.05, 3.63) is 16.6 Å². The summed E-state index contributed by atoms with van der Waals surface area (Å²) in [5.74, 6) is 0.766.